The Labute approximate surface area is 225 Å². The summed E-state index contributed by atoms with van der Waals surface area (Å²) in [5.74, 6) is 0. The van der Waals surface area contributed by atoms with Gasteiger partial charge < -0.3 is 0 Å². The number of nitrogens with zero attached hydrogens (tertiary/aromatic N) is 15. The van der Waals surface area contributed by atoms with E-state index in [-0.39, 0.29) is 0 Å². The van der Waals surface area contributed by atoms with Gasteiger partial charge in [-0.25, -0.2) is 59.8 Å². The van der Waals surface area contributed by atoms with Gasteiger partial charge in [0.05, 0.1) is 29.5 Å². The number of aromatic nitrogens is 15. The molecule has 0 radical (unpaired) electrons. The van der Waals surface area contributed by atoms with Crippen molar-refractivity contribution in [3.05, 3.63) is 106 Å². The van der Waals surface area contributed by atoms with Crippen molar-refractivity contribution in [2.75, 3.05) is 0 Å². The first-order chi connectivity index (χ1) is 19.9. The summed E-state index contributed by atoms with van der Waals surface area (Å²) >= 11 is 0. The van der Waals surface area contributed by atoms with Crippen LogP contribution in [0.5, 0.6) is 0 Å². The Hall–Kier alpha value is -6.25. The lowest BCUT2D eigenvalue weighted by Gasteiger charge is -1.90. The number of pyridine rings is 1. The highest BCUT2D eigenvalue weighted by Crippen LogP contribution is 2.03. The van der Waals surface area contributed by atoms with E-state index in [1.54, 1.807) is 74.4 Å². The lowest BCUT2D eigenvalue weighted by Crippen LogP contribution is -1.87. The maximum Gasteiger partial charge on any atom is 0.197 e. The molecule has 8 aromatic rings. The fourth-order valence-corrected chi connectivity index (χ4v) is 2.99. The van der Waals surface area contributed by atoms with Crippen molar-refractivity contribution >= 4 is 44.4 Å². The van der Waals surface area contributed by atoms with Crippen LogP contribution in [0.2, 0.25) is 0 Å². The molecule has 0 fully saturated rings. The molecular weight excluding hydrogens is 510 g/mol. The Bertz CT molecular complexity index is 1410. The topological polar surface area (TPSA) is 193 Å². The van der Waals surface area contributed by atoms with Gasteiger partial charge in [-0.15, -0.1) is 0 Å². The Kier molecular flexibility index (Phi) is 8.47. The molecule has 0 bridgehead atoms. The second kappa shape index (κ2) is 13.3. The minimum Gasteiger partial charge on any atom is -0.262 e. The normalized spacial score (nSPS) is 10.0. The quantitative estimate of drug-likeness (QED) is 0.278. The molecule has 8 heterocycles. The highest BCUT2D eigenvalue weighted by Gasteiger charge is 1.93. The van der Waals surface area contributed by atoms with E-state index >= 15 is 0 Å². The van der Waals surface area contributed by atoms with Crippen molar-refractivity contribution in [2.45, 2.75) is 0 Å². The highest BCUT2D eigenvalue weighted by molar-refractivity contribution is 5.72. The van der Waals surface area contributed by atoms with Gasteiger partial charge in [-0.3, -0.25) is 15.0 Å². The average molecular weight is 528 g/mol. The fraction of sp³-hybridized carbons (Fsp3) is 0. The van der Waals surface area contributed by atoms with E-state index < -0.39 is 0 Å². The summed E-state index contributed by atoms with van der Waals surface area (Å²) in [5, 5.41) is 0.866. The molecule has 0 aliphatic heterocycles. The minimum atomic E-state index is 0.588. The van der Waals surface area contributed by atoms with Crippen molar-refractivity contribution in [3.63, 3.8) is 0 Å². The van der Waals surface area contributed by atoms with Crippen molar-refractivity contribution in [1.82, 2.24) is 74.8 Å². The number of fused-ring (bicyclic) bond motifs is 4. The van der Waals surface area contributed by atoms with Gasteiger partial charge in [0, 0.05) is 55.8 Å². The van der Waals surface area contributed by atoms with Crippen molar-refractivity contribution < 1.29 is 0 Å². The molecule has 15 nitrogen and oxygen atoms in total. The van der Waals surface area contributed by atoms with Gasteiger partial charge in [0.2, 0.25) is 0 Å². The van der Waals surface area contributed by atoms with Crippen LogP contribution in [0.4, 0.5) is 0 Å². The van der Waals surface area contributed by atoms with E-state index in [1.807, 2.05) is 6.07 Å². The average Bonchev–Trinajstić information content (AvgIpc) is 3.06. The first-order valence-electron chi connectivity index (χ1n) is 11.5. The molecule has 0 N–H and O–H groups in total. The standard InChI is InChI=1S/C7H5N3.3C6H4N4/c1-2-8-5-7-6(1)9-3-4-10-7;1-5-6(10-3-7-1)2-8-4-9-5;1-5-2-8-4-10-6(5)9-3-7-1;1-2-8-6-5(7-1)9-3-4-10-6/h1-5H;3*1-4H. The summed E-state index contributed by atoms with van der Waals surface area (Å²) in [7, 11) is 0. The van der Waals surface area contributed by atoms with E-state index in [1.165, 1.54) is 25.3 Å². The van der Waals surface area contributed by atoms with Crippen molar-refractivity contribution in [3.8, 4) is 0 Å². The Morgan fingerprint density at radius 1 is 0.300 bits per heavy atom. The molecule has 0 saturated carbocycles. The smallest absolute Gasteiger partial charge is 0.197 e. The van der Waals surface area contributed by atoms with E-state index in [2.05, 4.69) is 74.8 Å². The molecule has 0 spiro atoms. The van der Waals surface area contributed by atoms with Gasteiger partial charge in [-0.1, -0.05) is 0 Å². The molecule has 0 aliphatic carbocycles. The monoisotopic (exact) mass is 527 g/mol. The molecule has 0 aromatic carbocycles. The maximum atomic E-state index is 4.08. The van der Waals surface area contributed by atoms with E-state index in [0.717, 1.165) is 27.5 Å². The van der Waals surface area contributed by atoms with Gasteiger partial charge in [0.15, 0.2) is 16.9 Å². The SMILES string of the molecule is c1cc2nccnc2cn1.c1cnc2nccnc2n1.c1ncc2cncnc2n1.c1ncc2ncncc2n1. The third-order valence-electron chi connectivity index (χ3n) is 4.75. The van der Waals surface area contributed by atoms with Crippen LogP contribution in [-0.4, -0.2) is 74.8 Å². The first-order valence-corrected chi connectivity index (χ1v) is 11.5. The second-order valence-electron chi connectivity index (χ2n) is 7.32. The van der Waals surface area contributed by atoms with Crippen LogP contribution in [0, 0.1) is 0 Å². The van der Waals surface area contributed by atoms with Crippen molar-refractivity contribution in [2.24, 2.45) is 0 Å². The van der Waals surface area contributed by atoms with Crippen LogP contribution < -0.4 is 0 Å². The number of hydrogen-bond donors (Lipinski definition) is 0. The Balaban J connectivity index is 0.000000108. The predicted octanol–water partition coefficient (Wildman–Crippen LogP) is 2.28. The molecule has 15 heteroatoms. The van der Waals surface area contributed by atoms with E-state index in [9.17, 15) is 0 Å². The molecule has 8 aromatic heterocycles. The molecule has 0 saturated heterocycles. The molecular formula is C25H17N15. The zero-order valence-electron chi connectivity index (χ0n) is 20.5. The zero-order valence-corrected chi connectivity index (χ0v) is 20.5. The predicted molar refractivity (Wildman–Crippen MR) is 143 cm³/mol. The summed E-state index contributed by atoms with van der Waals surface area (Å²) in [6.07, 6.45) is 25.7. The summed E-state index contributed by atoms with van der Waals surface area (Å²) in [5.41, 5.74) is 5.14. The minimum absolute atomic E-state index is 0.588. The second-order valence-corrected chi connectivity index (χ2v) is 7.32. The summed E-state index contributed by atoms with van der Waals surface area (Å²) < 4.78 is 0. The van der Waals surface area contributed by atoms with Crippen LogP contribution in [0.1, 0.15) is 0 Å². The van der Waals surface area contributed by atoms with Gasteiger partial charge in [0.25, 0.3) is 0 Å². The lowest BCUT2D eigenvalue weighted by atomic mass is 10.4. The summed E-state index contributed by atoms with van der Waals surface area (Å²) in [4.78, 5) is 58.8. The van der Waals surface area contributed by atoms with Crippen LogP contribution in [0.15, 0.2) is 106 Å². The maximum absolute atomic E-state index is 4.08. The molecule has 8 rings (SSSR count). The van der Waals surface area contributed by atoms with Crippen LogP contribution >= 0.6 is 0 Å². The Morgan fingerprint density at radius 2 is 0.725 bits per heavy atom. The third kappa shape index (κ3) is 6.94. The first kappa shape index (κ1) is 25.4. The number of rotatable bonds is 0. The summed E-state index contributed by atoms with van der Waals surface area (Å²) in [6, 6.07) is 1.84. The number of hydrogen-bond acceptors (Lipinski definition) is 15. The highest BCUT2D eigenvalue weighted by atomic mass is 15.0. The van der Waals surface area contributed by atoms with Gasteiger partial charge in [0.1, 0.15) is 41.9 Å². The van der Waals surface area contributed by atoms with E-state index in [4.69, 9.17) is 0 Å². The van der Waals surface area contributed by atoms with Crippen LogP contribution in [0.3, 0.4) is 0 Å². The molecule has 0 amide bonds. The van der Waals surface area contributed by atoms with Crippen LogP contribution in [0.25, 0.3) is 44.4 Å². The molecule has 0 unspecified atom stereocenters. The lowest BCUT2D eigenvalue weighted by molar-refractivity contribution is 1.13. The zero-order chi connectivity index (χ0) is 27.2. The van der Waals surface area contributed by atoms with Gasteiger partial charge in [-0.2, -0.15) is 0 Å². The Morgan fingerprint density at radius 3 is 1.25 bits per heavy atom. The van der Waals surface area contributed by atoms with E-state index in [0.29, 0.717) is 16.9 Å². The molecule has 40 heavy (non-hydrogen) atoms. The largest absolute Gasteiger partial charge is 0.262 e. The molecule has 0 atom stereocenters. The molecule has 192 valence electrons. The van der Waals surface area contributed by atoms with Gasteiger partial charge >= 0.3 is 0 Å². The van der Waals surface area contributed by atoms with Gasteiger partial charge in [-0.05, 0) is 6.07 Å². The van der Waals surface area contributed by atoms with Crippen molar-refractivity contribution in [1.29, 1.82) is 0 Å². The summed E-state index contributed by atoms with van der Waals surface area (Å²) in [6.45, 7) is 0. The van der Waals surface area contributed by atoms with Crippen LogP contribution in [-0.2, 0) is 0 Å². The third-order valence-corrected chi connectivity index (χ3v) is 4.75. The molecule has 0 aliphatic rings. The fourth-order valence-electron chi connectivity index (χ4n) is 2.99.